The van der Waals surface area contributed by atoms with Crippen LogP contribution in [-0.4, -0.2) is 21.3 Å². The van der Waals surface area contributed by atoms with E-state index in [-0.39, 0.29) is 5.41 Å². The van der Waals surface area contributed by atoms with Gasteiger partial charge in [0.15, 0.2) is 0 Å². The number of hydrogen-bond acceptors (Lipinski definition) is 4. The van der Waals surface area contributed by atoms with E-state index in [4.69, 9.17) is 5.26 Å². The van der Waals surface area contributed by atoms with Crippen molar-refractivity contribution in [2.24, 2.45) is 5.41 Å². The molecule has 5 heteroatoms. The van der Waals surface area contributed by atoms with Crippen LogP contribution in [0.4, 0.5) is 5.82 Å². The lowest BCUT2D eigenvalue weighted by Crippen LogP contribution is -2.23. The van der Waals surface area contributed by atoms with Crippen molar-refractivity contribution in [1.29, 1.82) is 5.26 Å². The molecule has 0 unspecified atom stereocenters. The molecule has 0 atom stereocenters. The van der Waals surface area contributed by atoms with Crippen LogP contribution in [0.3, 0.4) is 0 Å². The number of nitriles is 1. The van der Waals surface area contributed by atoms with Gasteiger partial charge in [0.25, 0.3) is 0 Å². The van der Waals surface area contributed by atoms with E-state index in [1.165, 1.54) is 18.5 Å². The van der Waals surface area contributed by atoms with E-state index in [1.54, 1.807) is 0 Å². The summed E-state index contributed by atoms with van der Waals surface area (Å²) >= 11 is 0. The maximum atomic E-state index is 9.13. The molecule has 0 saturated heterocycles. The molecule has 2 aromatic rings. The van der Waals surface area contributed by atoms with Crippen LogP contribution >= 0.6 is 0 Å². The summed E-state index contributed by atoms with van der Waals surface area (Å²) in [5.74, 6) is 0.860. The number of anilines is 1. The Morgan fingerprint density at radius 3 is 2.52 bits per heavy atom. The van der Waals surface area contributed by atoms with E-state index < -0.39 is 0 Å². The Labute approximate surface area is 137 Å². The third-order valence-electron chi connectivity index (χ3n) is 4.70. The minimum Gasteiger partial charge on any atom is -0.369 e. The van der Waals surface area contributed by atoms with Crippen LogP contribution in [0, 0.1) is 44.4 Å². The molecule has 1 aliphatic carbocycles. The molecule has 0 bridgehead atoms. The summed E-state index contributed by atoms with van der Waals surface area (Å²) in [5, 5.41) is 17.2. The summed E-state index contributed by atoms with van der Waals surface area (Å²) < 4.78 is 2.12. The van der Waals surface area contributed by atoms with Gasteiger partial charge in [0, 0.05) is 24.2 Å². The molecular formula is C18H23N5. The van der Waals surface area contributed by atoms with Gasteiger partial charge in [-0.1, -0.05) is 0 Å². The van der Waals surface area contributed by atoms with Crippen molar-refractivity contribution in [3.63, 3.8) is 0 Å². The molecule has 5 nitrogen and oxygen atoms in total. The van der Waals surface area contributed by atoms with Crippen LogP contribution < -0.4 is 5.32 Å². The summed E-state index contributed by atoms with van der Waals surface area (Å²) in [5.41, 5.74) is 5.02. The van der Waals surface area contributed by atoms with Crippen LogP contribution in [0.1, 0.15) is 41.1 Å². The second-order valence-electron chi connectivity index (χ2n) is 6.83. The van der Waals surface area contributed by atoms with Crippen molar-refractivity contribution >= 4 is 5.82 Å². The number of nitrogens with one attached hydrogen (secondary N) is 1. The molecule has 23 heavy (non-hydrogen) atoms. The van der Waals surface area contributed by atoms with Crippen molar-refractivity contribution in [1.82, 2.24) is 14.8 Å². The van der Waals surface area contributed by atoms with Gasteiger partial charge < -0.3 is 5.32 Å². The molecule has 0 spiro atoms. The highest BCUT2D eigenvalue weighted by atomic mass is 15.3. The molecule has 2 heterocycles. The Morgan fingerprint density at radius 1 is 1.26 bits per heavy atom. The first-order valence-electron chi connectivity index (χ1n) is 8.06. The highest BCUT2D eigenvalue weighted by Crippen LogP contribution is 2.47. The minimum atomic E-state index is 0.278. The van der Waals surface area contributed by atoms with Gasteiger partial charge in [-0.25, -0.2) is 4.98 Å². The predicted molar refractivity (Wildman–Crippen MR) is 90.3 cm³/mol. The molecule has 0 aliphatic heterocycles. The molecule has 0 radical (unpaired) electrons. The van der Waals surface area contributed by atoms with Crippen molar-refractivity contribution in [2.75, 3.05) is 11.9 Å². The fourth-order valence-electron chi connectivity index (χ4n) is 3.09. The van der Waals surface area contributed by atoms with Gasteiger partial charge in [-0.2, -0.15) is 10.4 Å². The van der Waals surface area contributed by atoms with Gasteiger partial charge in [-0.15, -0.1) is 0 Å². The Kier molecular flexibility index (Phi) is 3.85. The van der Waals surface area contributed by atoms with Gasteiger partial charge in [0.2, 0.25) is 0 Å². The van der Waals surface area contributed by atoms with E-state index in [9.17, 15) is 0 Å². The third-order valence-corrected chi connectivity index (χ3v) is 4.70. The monoisotopic (exact) mass is 309 g/mol. The minimum absolute atomic E-state index is 0.278. The van der Waals surface area contributed by atoms with Crippen LogP contribution in [-0.2, 0) is 6.54 Å². The van der Waals surface area contributed by atoms with Crippen LogP contribution in [0.25, 0.3) is 0 Å². The van der Waals surface area contributed by atoms with Crippen LogP contribution in [0.2, 0.25) is 0 Å². The molecule has 0 amide bonds. The molecular weight excluding hydrogens is 286 g/mol. The van der Waals surface area contributed by atoms with Crippen LogP contribution in [0.5, 0.6) is 0 Å². The van der Waals surface area contributed by atoms with Gasteiger partial charge in [-0.05, 0) is 58.2 Å². The van der Waals surface area contributed by atoms with Crippen molar-refractivity contribution in [2.45, 2.75) is 47.1 Å². The van der Waals surface area contributed by atoms with Gasteiger partial charge in [0.1, 0.15) is 11.9 Å². The fourth-order valence-corrected chi connectivity index (χ4v) is 3.09. The maximum absolute atomic E-state index is 9.13. The summed E-state index contributed by atoms with van der Waals surface area (Å²) in [6.07, 6.45) is 2.43. The molecule has 3 rings (SSSR count). The number of aryl methyl sites for hydroxylation is 4. The number of nitrogens with zero attached hydrogens (tertiary/aromatic N) is 4. The van der Waals surface area contributed by atoms with E-state index in [2.05, 4.69) is 39.1 Å². The zero-order valence-corrected chi connectivity index (χ0v) is 14.3. The molecule has 1 N–H and O–H groups in total. The van der Waals surface area contributed by atoms with Crippen molar-refractivity contribution in [3.05, 3.63) is 40.3 Å². The smallest absolute Gasteiger partial charge is 0.126 e. The topological polar surface area (TPSA) is 66.5 Å². The zero-order valence-electron chi connectivity index (χ0n) is 14.3. The van der Waals surface area contributed by atoms with Crippen molar-refractivity contribution < 1.29 is 0 Å². The highest BCUT2D eigenvalue weighted by Gasteiger charge is 2.43. The lowest BCUT2D eigenvalue weighted by molar-refractivity contribution is 0.409. The highest BCUT2D eigenvalue weighted by molar-refractivity contribution is 5.48. The second-order valence-corrected chi connectivity index (χ2v) is 6.83. The van der Waals surface area contributed by atoms with E-state index >= 15 is 0 Å². The Morgan fingerprint density at radius 2 is 2.00 bits per heavy atom. The number of aromatic nitrogens is 3. The largest absolute Gasteiger partial charge is 0.369 e. The number of pyridine rings is 1. The summed E-state index contributed by atoms with van der Waals surface area (Å²) in [4.78, 5) is 4.51. The Balaban J connectivity index is 1.69. The zero-order chi connectivity index (χ0) is 16.6. The molecule has 120 valence electrons. The lowest BCUT2D eigenvalue weighted by atomic mass is 10.1. The molecule has 2 aromatic heterocycles. The first-order valence-corrected chi connectivity index (χ1v) is 8.06. The first kappa shape index (κ1) is 15.5. The number of hydrogen-bond donors (Lipinski definition) is 1. The Bertz CT molecular complexity index is 754. The average Bonchev–Trinajstić information content (AvgIpc) is 3.17. The quantitative estimate of drug-likeness (QED) is 0.920. The number of rotatable bonds is 5. The average molecular weight is 309 g/mol. The standard InChI is InChI=1S/C18H23N5/c1-12-7-17(21-15(4)16(12)9-19)20-10-18(5-6-18)11-23-14(3)8-13(2)22-23/h7-8H,5-6,10-11H2,1-4H3,(H,20,21). The Hall–Kier alpha value is -2.35. The predicted octanol–water partition coefficient (Wildman–Crippen LogP) is 3.28. The van der Waals surface area contributed by atoms with Crippen molar-refractivity contribution in [3.8, 4) is 6.07 Å². The fraction of sp³-hybridized carbons (Fsp3) is 0.500. The molecule has 1 saturated carbocycles. The van der Waals surface area contributed by atoms with Crippen LogP contribution in [0.15, 0.2) is 12.1 Å². The third kappa shape index (κ3) is 3.21. The normalized spacial score (nSPS) is 15.3. The molecule has 1 aliphatic rings. The van der Waals surface area contributed by atoms with Gasteiger partial charge in [0.05, 0.1) is 17.0 Å². The summed E-state index contributed by atoms with van der Waals surface area (Å²) in [6, 6.07) is 6.30. The van der Waals surface area contributed by atoms with Gasteiger partial charge in [-0.3, -0.25) is 4.68 Å². The maximum Gasteiger partial charge on any atom is 0.126 e. The second kappa shape index (κ2) is 5.69. The van der Waals surface area contributed by atoms with E-state index in [0.717, 1.165) is 35.9 Å². The summed E-state index contributed by atoms with van der Waals surface area (Å²) in [7, 11) is 0. The molecule has 0 aromatic carbocycles. The van der Waals surface area contributed by atoms with E-state index in [1.807, 2.05) is 26.8 Å². The lowest BCUT2D eigenvalue weighted by Gasteiger charge is -2.18. The van der Waals surface area contributed by atoms with Gasteiger partial charge >= 0.3 is 0 Å². The first-order chi connectivity index (χ1) is 10.9. The SMILES string of the molecule is Cc1cc(C)n(CC2(CNc3cc(C)c(C#N)c(C)n3)CC2)n1. The van der Waals surface area contributed by atoms with E-state index in [0.29, 0.717) is 5.56 Å². The summed E-state index contributed by atoms with van der Waals surface area (Å²) in [6.45, 7) is 9.84. The molecule has 1 fully saturated rings.